The summed E-state index contributed by atoms with van der Waals surface area (Å²) in [6.45, 7) is 0.499. The van der Waals surface area contributed by atoms with Crippen molar-refractivity contribution in [1.82, 2.24) is 15.1 Å². The number of thiophene rings is 1. The second-order valence-corrected chi connectivity index (χ2v) is 6.66. The highest BCUT2D eigenvalue weighted by Crippen LogP contribution is 2.34. The van der Waals surface area contributed by atoms with E-state index in [0.29, 0.717) is 24.7 Å². The highest BCUT2D eigenvalue weighted by Gasteiger charge is 2.34. The van der Waals surface area contributed by atoms with Crippen molar-refractivity contribution >= 4 is 17.2 Å². The molecule has 0 N–H and O–H groups in total. The van der Waals surface area contributed by atoms with Crippen molar-refractivity contribution in [1.29, 1.82) is 0 Å². The van der Waals surface area contributed by atoms with Gasteiger partial charge in [0.25, 0.3) is 11.8 Å². The Bertz CT molecular complexity index is 911. The summed E-state index contributed by atoms with van der Waals surface area (Å²) in [4.78, 5) is 15.1. The molecule has 0 saturated carbocycles. The van der Waals surface area contributed by atoms with Crippen LogP contribution in [0.25, 0.3) is 10.8 Å². The molecule has 5 nitrogen and oxygen atoms in total. The topological polar surface area (TPSA) is 59.2 Å². The van der Waals surface area contributed by atoms with Crippen LogP contribution in [0, 0.1) is 11.6 Å². The normalized spacial score (nSPS) is 17.2. The molecule has 128 valence electrons. The predicted molar refractivity (Wildman–Crippen MR) is 87.0 cm³/mol. The molecule has 1 fully saturated rings. The number of aromatic nitrogens is 2. The zero-order valence-corrected chi connectivity index (χ0v) is 13.8. The monoisotopic (exact) mass is 361 g/mol. The van der Waals surface area contributed by atoms with E-state index in [0.717, 1.165) is 23.4 Å². The first-order valence-electron chi connectivity index (χ1n) is 7.77. The molecule has 3 heterocycles. The molecule has 0 bridgehead atoms. The molecule has 1 aromatic carbocycles. The van der Waals surface area contributed by atoms with Gasteiger partial charge in [0.1, 0.15) is 6.04 Å². The predicted octanol–water partition coefficient (Wildman–Crippen LogP) is 4.05. The zero-order chi connectivity index (χ0) is 17.4. The second-order valence-electron chi connectivity index (χ2n) is 5.71. The molecule has 1 aliphatic rings. The van der Waals surface area contributed by atoms with Gasteiger partial charge in [-0.25, -0.2) is 8.78 Å². The average Bonchev–Trinajstić information content (AvgIpc) is 3.36. The first kappa shape index (κ1) is 15.9. The average molecular weight is 361 g/mol. The third-order valence-corrected chi connectivity index (χ3v) is 5.00. The molecule has 25 heavy (non-hydrogen) atoms. The Balaban J connectivity index is 1.60. The summed E-state index contributed by atoms with van der Waals surface area (Å²) >= 11 is 1.48. The lowest BCUT2D eigenvalue weighted by molar-refractivity contribution is 0.0715. The third kappa shape index (κ3) is 2.93. The first-order chi connectivity index (χ1) is 12.1. The fraction of sp³-hybridized carbons (Fsp3) is 0.235. The maximum absolute atomic E-state index is 13.4. The van der Waals surface area contributed by atoms with Crippen molar-refractivity contribution < 1.29 is 18.0 Å². The van der Waals surface area contributed by atoms with E-state index in [2.05, 4.69) is 10.2 Å². The fourth-order valence-electron chi connectivity index (χ4n) is 2.93. The Morgan fingerprint density at radius 1 is 1.24 bits per heavy atom. The van der Waals surface area contributed by atoms with Crippen molar-refractivity contribution in [3.05, 3.63) is 58.8 Å². The van der Waals surface area contributed by atoms with Gasteiger partial charge in [0.05, 0.1) is 4.88 Å². The number of halogens is 2. The fourth-order valence-corrected chi connectivity index (χ4v) is 3.57. The molecular weight excluding hydrogens is 348 g/mol. The molecule has 1 amide bonds. The van der Waals surface area contributed by atoms with Crippen LogP contribution in [0.5, 0.6) is 0 Å². The number of hydrogen-bond donors (Lipinski definition) is 0. The molecule has 1 saturated heterocycles. The molecular formula is C17H13F2N3O2S. The van der Waals surface area contributed by atoms with Crippen LogP contribution in [0.1, 0.15) is 35.1 Å². The van der Waals surface area contributed by atoms with Gasteiger partial charge in [-0.1, -0.05) is 6.07 Å². The molecule has 1 atom stereocenters. The van der Waals surface area contributed by atoms with E-state index in [1.54, 1.807) is 4.90 Å². The maximum Gasteiger partial charge on any atom is 0.257 e. The number of likely N-dealkylation sites (tertiary alicyclic amines) is 1. The van der Waals surface area contributed by atoms with Gasteiger partial charge in [-0.2, -0.15) is 0 Å². The third-order valence-electron chi connectivity index (χ3n) is 4.14. The lowest BCUT2D eigenvalue weighted by atomic mass is 10.1. The van der Waals surface area contributed by atoms with E-state index in [1.165, 1.54) is 17.4 Å². The molecule has 3 aromatic rings. The van der Waals surface area contributed by atoms with Crippen molar-refractivity contribution in [3.63, 3.8) is 0 Å². The van der Waals surface area contributed by atoms with Crippen molar-refractivity contribution in [2.24, 2.45) is 0 Å². The largest absolute Gasteiger partial charge is 0.418 e. The molecule has 0 radical (unpaired) electrons. The van der Waals surface area contributed by atoms with Gasteiger partial charge >= 0.3 is 0 Å². The second kappa shape index (κ2) is 6.36. The summed E-state index contributed by atoms with van der Waals surface area (Å²) in [5, 5.41) is 10.0. The standard InChI is InChI=1S/C17H13F2N3O2S/c18-11-6-5-10(9-12(11)19)17(23)22-7-1-3-13(22)15-20-21-16(24-15)14-4-2-8-25-14/h2,4-6,8-9,13H,1,3,7H2. The number of rotatable bonds is 3. The van der Waals surface area contributed by atoms with Crippen LogP contribution >= 0.6 is 11.3 Å². The smallest absolute Gasteiger partial charge is 0.257 e. The summed E-state index contributed by atoms with van der Waals surface area (Å²) in [6.07, 6.45) is 1.46. The number of carbonyl (C=O) groups excluding carboxylic acids is 1. The van der Waals surface area contributed by atoms with Crippen LogP contribution in [0.3, 0.4) is 0 Å². The van der Waals surface area contributed by atoms with Gasteiger partial charge in [-0.05, 0) is 42.5 Å². The van der Waals surface area contributed by atoms with Crippen LogP contribution < -0.4 is 0 Å². The van der Waals surface area contributed by atoms with E-state index in [1.807, 2.05) is 17.5 Å². The molecule has 1 unspecified atom stereocenters. The van der Waals surface area contributed by atoms with E-state index >= 15 is 0 Å². The minimum absolute atomic E-state index is 0.101. The van der Waals surface area contributed by atoms with E-state index in [-0.39, 0.29) is 17.5 Å². The van der Waals surface area contributed by atoms with Crippen LogP contribution in [0.4, 0.5) is 8.78 Å². The number of amides is 1. The molecule has 0 spiro atoms. The number of carbonyl (C=O) groups is 1. The quantitative estimate of drug-likeness (QED) is 0.706. The Morgan fingerprint density at radius 2 is 2.12 bits per heavy atom. The van der Waals surface area contributed by atoms with Crippen molar-refractivity contribution in [3.8, 4) is 10.8 Å². The summed E-state index contributed by atoms with van der Waals surface area (Å²) in [7, 11) is 0. The van der Waals surface area contributed by atoms with Crippen LogP contribution in [-0.4, -0.2) is 27.5 Å². The van der Waals surface area contributed by atoms with Gasteiger partial charge < -0.3 is 9.32 Å². The number of nitrogens with zero attached hydrogens (tertiary/aromatic N) is 3. The summed E-state index contributed by atoms with van der Waals surface area (Å²) in [5.41, 5.74) is 0.101. The Hall–Kier alpha value is -2.61. The van der Waals surface area contributed by atoms with Crippen LogP contribution in [0.15, 0.2) is 40.1 Å². The van der Waals surface area contributed by atoms with E-state index in [9.17, 15) is 13.6 Å². The van der Waals surface area contributed by atoms with Crippen LogP contribution in [0.2, 0.25) is 0 Å². The highest BCUT2D eigenvalue weighted by atomic mass is 32.1. The van der Waals surface area contributed by atoms with Crippen LogP contribution in [-0.2, 0) is 0 Å². The minimum atomic E-state index is -1.04. The van der Waals surface area contributed by atoms with E-state index < -0.39 is 11.6 Å². The molecule has 2 aromatic heterocycles. The SMILES string of the molecule is O=C(c1ccc(F)c(F)c1)N1CCCC1c1nnc(-c2cccs2)o1. The Kier molecular flexibility index (Phi) is 4.04. The molecule has 4 rings (SSSR count). The summed E-state index contributed by atoms with van der Waals surface area (Å²) in [5.74, 6) is -1.63. The van der Waals surface area contributed by atoms with Crippen molar-refractivity contribution in [2.75, 3.05) is 6.54 Å². The van der Waals surface area contributed by atoms with E-state index in [4.69, 9.17) is 4.42 Å². The zero-order valence-electron chi connectivity index (χ0n) is 13.0. The maximum atomic E-state index is 13.4. The Labute approximate surface area is 145 Å². The van der Waals surface area contributed by atoms with Crippen molar-refractivity contribution in [2.45, 2.75) is 18.9 Å². The summed E-state index contributed by atoms with van der Waals surface area (Å²) in [6, 6.07) is 6.55. The van der Waals surface area contributed by atoms with Gasteiger partial charge in [0, 0.05) is 12.1 Å². The minimum Gasteiger partial charge on any atom is -0.418 e. The lowest BCUT2D eigenvalue weighted by Gasteiger charge is -2.22. The first-order valence-corrected chi connectivity index (χ1v) is 8.65. The summed E-state index contributed by atoms with van der Waals surface area (Å²) < 4.78 is 32.2. The number of benzene rings is 1. The molecule has 0 aliphatic carbocycles. The lowest BCUT2D eigenvalue weighted by Crippen LogP contribution is -2.30. The highest BCUT2D eigenvalue weighted by molar-refractivity contribution is 7.13. The van der Waals surface area contributed by atoms with Gasteiger partial charge in [-0.15, -0.1) is 21.5 Å². The van der Waals surface area contributed by atoms with Gasteiger partial charge in [0.15, 0.2) is 11.6 Å². The molecule has 8 heteroatoms. The van der Waals surface area contributed by atoms with Gasteiger partial charge in [-0.3, -0.25) is 4.79 Å². The number of hydrogen-bond acceptors (Lipinski definition) is 5. The van der Waals surface area contributed by atoms with Gasteiger partial charge in [0.2, 0.25) is 5.89 Å². The molecule has 1 aliphatic heterocycles. The Morgan fingerprint density at radius 3 is 2.88 bits per heavy atom.